The van der Waals surface area contributed by atoms with Crippen LogP contribution in [0.5, 0.6) is 0 Å². The number of sulfonamides is 1. The molecule has 0 bridgehead atoms. The Hall–Kier alpha value is -0.820. The van der Waals surface area contributed by atoms with Gasteiger partial charge in [0.15, 0.2) is 0 Å². The summed E-state index contributed by atoms with van der Waals surface area (Å²) in [6.07, 6.45) is 0.602. The molecule has 0 heterocycles. The number of rotatable bonds is 6. The van der Waals surface area contributed by atoms with Crippen molar-refractivity contribution in [2.45, 2.75) is 18.2 Å². The topological polar surface area (TPSA) is 81.4 Å². The molecule has 0 spiro atoms. The highest BCUT2D eigenvalue weighted by Crippen LogP contribution is 2.25. The number of ether oxygens (including phenoxy) is 1. The number of benzene rings is 1. The lowest BCUT2D eigenvalue weighted by atomic mass is 10.2. The van der Waals surface area contributed by atoms with Crippen LogP contribution in [0.25, 0.3) is 0 Å². The van der Waals surface area contributed by atoms with Gasteiger partial charge in [-0.05, 0) is 31.0 Å². The van der Waals surface area contributed by atoms with Crippen LogP contribution in [0, 0.1) is 6.92 Å². The monoisotopic (exact) mass is 292 g/mol. The predicted molar refractivity (Wildman–Crippen MR) is 72.3 cm³/mol. The summed E-state index contributed by atoms with van der Waals surface area (Å²) in [5.41, 5.74) is 6.73. The van der Waals surface area contributed by atoms with E-state index in [-0.39, 0.29) is 4.90 Å². The number of hydrogen-bond acceptors (Lipinski definition) is 4. The summed E-state index contributed by atoms with van der Waals surface area (Å²) in [6, 6.07) is 2.80. The molecule has 0 unspecified atom stereocenters. The number of halogens is 1. The molecule has 0 aliphatic rings. The summed E-state index contributed by atoms with van der Waals surface area (Å²) in [7, 11) is -2.01. The number of nitrogens with one attached hydrogen (secondary N) is 1. The summed E-state index contributed by atoms with van der Waals surface area (Å²) in [6.45, 7) is 2.54. The molecular weight excluding hydrogens is 276 g/mol. The largest absolute Gasteiger partial charge is 0.398 e. The van der Waals surface area contributed by atoms with Crippen LogP contribution in [-0.2, 0) is 14.8 Å². The molecule has 0 atom stereocenters. The minimum atomic E-state index is -3.57. The van der Waals surface area contributed by atoms with Gasteiger partial charge in [-0.1, -0.05) is 11.6 Å². The number of hydrogen-bond donors (Lipinski definition) is 2. The Morgan fingerprint density at radius 2 is 2.11 bits per heavy atom. The van der Waals surface area contributed by atoms with Crippen LogP contribution in [0.2, 0.25) is 5.02 Å². The molecule has 0 saturated carbocycles. The Labute approximate surface area is 112 Å². The highest BCUT2D eigenvalue weighted by atomic mass is 35.5. The van der Waals surface area contributed by atoms with E-state index in [1.807, 2.05) is 0 Å². The van der Waals surface area contributed by atoms with Crippen LogP contribution >= 0.6 is 11.6 Å². The maximum absolute atomic E-state index is 11.9. The number of anilines is 1. The first-order valence-electron chi connectivity index (χ1n) is 5.42. The molecule has 0 aromatic heterocycles. The lowest BCUT2D eigenvalue weighted by molar-refractivity contribution is 0.196. The minimum Gasteiger partial charge on any atom is -0.398 e. The zero-order chi connectivity index (χ0) is 13.8. The average Bonchev–Trinajstić information content (AvgIpc) is 2.31. The molecule has 0 aliphatic carbocycles. The lowest BCUT2D eigenvalue weighted by Gasteiger charge is -2.09. The van der Waals surface area contributed by atoms with Crippen molar-refractivity contribution >= 4 is 27.3 Å². The van der Waals surface area contributed by atoms with Gasteiger partial charge in [-0.25, -0.2) is 13.1 Å². The molecule has 1 rings (SSSR count). The summed E-state index contributed by atoms with van der Waals surface area (Å²) < 4.78 is 31.2. The first-order chi connectivity index (χ1) is 8.38. The van der Waals surface area contributed by atoms with E-state index >= 15 is 0 Å². The Balaban J connectivity index is 2.85. The zero-order valence-electron chi connectivity index (χ0n) is 10.4. The van der Waals surface area contributed by atoms with E-state index in [2.05, 4.69) is 4.72 Å². The Kier molecular flexibility index (Phi) is 5.40. The smallest absolute Gasteiger partial charge is 0.240 e. The van der Waals surface area contributed by atoms with Crippen molar-refractivity contribution < 1.29 is 13.2 Å². The Morgan fingerprint density at radius 3 is 2.67 bits per heavy atom. The van der Waals surface area contributed by atoms with Gasteiger partial charge in [0.05, 0.1) is 4.90 Å². The van der Waals surface area contributed by atoms with Crippen LogP contribution in [0.15, 0.2) is 17.0 Å². The van der Waals surface area contributed by atoms with Gasteiger partial charge in [0.1, 0.15) is 0 Å². The summed E-state index contributed by atoms with van der Waals surface area (Å²) >= 11 is 5.92. The van der Waals surface area contributed by atoms with Crippen LogP contribution < -0.4 is 10.5 Å². The summed E-state index contributed by atoms with van der Waals surface area (Å²) in [5.74, 6) is 0. The lowest BCUT2D eigenvalue weighted by Crippen LogP contribution is -2.25. The highest BCUT2D eigenvalue weighted by molar-refractivity contribution is 7.89. The van der Waals surface area contributed by atoms with Gasteiger partial charge in [0, 0.05) is 31.0 Å². The Morgan fingerprint density at radius 1 is 1.44 bits per heavy atom. The van der Waals surface area contributed by atoms with Crippen molar-refractivity contribution in [1.29, 1.82) is 0 Å². The maximum Gasteiger partial charge on any atom is 0.240 e. The van der Waals surface area contributed by atoms with Gasteiger partial charge >= 0.3 is 0 Å². The molecule has 0 saturated heterocycles. The molecule has 0 radical (unpaired) electrons. The number of nitrogen functional groups attached to an aromatic ring is 1. The molecule has 3 N–H and O–H groups in total. The normalized spacial score (nSPS) is 11.7. The molecule has 18 heavy (non-hydrogen) atoms. The third kappa shape index (κ3) is 3.84. The molecular formula is C11H17ClN2O3S. The fraction of sp³-hybridized carbons (Fsp3) is 0.455. The van der Waals surface area contributed by atoms with Crippen molar-refractivity contribution in [3.63, 3.8) is 0 Å². The molecule has 1 aromatic rings. The van der Waals surface area contributed by atoms with Crippen LogP contribution in [0.3, 0.4) is 0 Å². The van der Waals surface area contributed by atoms with Gasteiger partial charge in [0.2, 0.25) is 10.0 Å². The number of methoxy groups -OCH3 is 1. The summed E-state index contributed by atoms with van der Waals surface area (Å²) in [4.78, 5) is 0.0769. The van der Waals surface area contributed by atoms with Crippen LogP contribution in [0.4, 0.5) is 5.69 Å². The average molecular weight is 293 g/mol. The van der Waals surface area contributed by atoms with E-state index in [4.69, 9.17) is 22.1 Å². The third-order valence-corrected chi connectivity index (χ3v) is 4.32. The second-order valence-corrected chi connectivity index (χ2v) is 6.04. The van der Waals surface area contributed by atoms with Crippen molar-refractivity contribution in [3.8, 4) is 0 Å². The van der Waals surface area contributed by atoms with Gasteiger partial charge in [-0.2, -0.15) is 0 Å². The molecule has 7 heteroatoms. The van der Waals surface area contributed by atoms with E-state index in [1.54, 1.807) is 14.0 Å². The molecule has 0 aliphatic heterocycles. The van der Waals surface area contributed by atoms with E-state index in [9.17, 15) is 8.42 Å². The first-order valence-corrected chi connectivity index (χ1v) is 7.29. The van der Waals surface area contributed by atoms with Crippen LogP contribution in [-0.4, -0.2) is 28.7 Å². The first kappa shape index (κ1) is 15.2. The SMILES string of the molecule is COCCCNS(=O)(=O)c1cc(N)c(C)c(Cl)c1. The maximum atomic E-state index is 11.9. The van der Waals surface area contributed by atoms with Gasteiger partial charge in [-0.3, -0.25) is 0 Å². The van der Waals surface area contributed by atoms with Gasteiger partial charge < -0.3 is 10.5 Å². The predicted octanol–water partition coefficient (Wildman–Crippen LogP) is 1.55. The molecule has 102 valence electrons. The third-order valence-electron chi connectivity index (χ3n) is 2.49. The second-order valence-electron chi connectivity index (χ2n) is 3.86. The van der Waals surface area contributed by atoms with E-state index in [1.165, 1.54) is 12.1 Å². The van der Waals surface area contributed by atoms with Gasteiger partial charge in [-0.15, -0.1) is 0 Å². The van der Waals surface area contributed by atoms with Crippen molar-refractivity contribution in [2.75, 3.05) is 26.0 Å². The van der Waals surface area contributed by atoms with E-state index < -0.39 is 10.0 Å². The number of nitrogens with two attached hydrogens (primary N) is 1. The highest BCUT2D eigenvalue weighted by Gasteiger charge is 2.16. The van der Waals surface area contributed by atoms with E-state index in [0.717, 1.165) is 0 Å². The molecule has 1 aromatic carbocycles. The molecule has 0 amide bonds. The summed E-state index contributed by atoms with van der Waals surface area (Å²) in [5, 5.41) is 0.340. The molecule has 0 fully saturated rings. The standard InChI is InChI=1S/C11H17ClN2O3S/c1-8-10(12)6-9(7-11(8)13)18(15,16)14-4-3-5-17-2/h6-7,14H,3-5,13H2,1-2H3. The quantitative estimate of drug-likeness (QED) is 0.616. The van der Waals surface area contributed by atoms with Crippen molar-refractivity contribution in [3.05, 3.63) is 22.7 Å². The molecule has 5 nitrogen and oxygen atoms in total. The second kappa shape index (κ2) is 6.38. The van der Waals surface area contributed by atoms with Crippen LogP contribution in [0.1, 0.15) is 12.0 Å². The van der Waals surface area contributed by atoms with E-state index in [0.29, 0.717) is 35.8 Å². The van der Waals surface area contributed by atoms with Crippen molar-refractivity contribution in [2.24, 2.45) is 0 Å². The fourth-order valence-electron chi connectivity index (χ4n) is 1.34. The van der Waals surface area contributed by atoms with Gasteiger partial charge in [0.25, 0.3) is 0 Å². The minimum absolute atomic E-state index is 0.0769. The zero-order valence-corrected chi connectivity index (χ0v) is 11.9. The Bertz CT molecular complexity index is 494. The fourth-order valence-corrected chi connectivity index (χ4v) is 2.76. The van der Waals surface area contributed by atoms with Crippen molar-refractivity contribution in [1.82, 2.24) is 4.72 Å².